The number of hydrogen-bond acceptors (Lipinski definition) is 5. The van der Waals surface area contributed by atoms with Gasteiger partial charge in [0.15, 0.2) is 0 Å². The van der Waals surface area contributed by atoms with Crippen molar-refractivity contribution in [2.45, 2.75) is 25.4 Å². The fourth-order valence-electron chi connectivity index (χ4n) is 2.54. The molecule has 118 valence electrons. The Morgan fingerprint density at radius 3 is 3.00 bits per heavy atom. The third-order valence-corrected chi connectivity index (χ3v) is 4.95. The summed E-state index contributed by atoms with van der Waals surface area (Å²) in [6, 6.07) is 4.69. The number of nitrogens with zero attached hydrogens (tertiary/aromatic N) is 1. The number of benzene rings is 1. The molecule has 0 radical (unpaired) electrons. The highest BCUT2D eigenvalue weighted by Crippen LogP contribution is 2.18. The number of sulfonamides is 1. The average molecular weight is 323 g/mol. The van der Waals surface area contributed by atoms with Crippen molar-refractivity contribution in [1.29, 1.82) is 0 Å². The normalized spacial score (nSPS) is 19.2. The Balaban J connectivity index is 1.79. The molecular formula is C14H17N3O4S. The first-order chi connectivity index (χ1) is 10.5. The first-order valence-corrected chi connectivity index (χ1v) is 8.78. The topological polar surface area (TPSA) is 101 Å². The van der Waals surface area contributed by atoms with Crippen LogP contribution in [-0.4, -0.2) is 36.8 Å². The number of aromatic amines is 1. The van der Waals surface area contributed by atoms with Gasteiger partial charge in [-0.15, -0.1) is 0 Å². The van der Waals surface area contributed by atoms with Crippen molar-refractivity contribution in [2.75, 3.05) is 17.1 Å². The van der Waals surface area contributed by atoms with Crippen molar-refractivity contribution < 1.29 is 13.2 Å². The molecule has 1 unspecified atom stereocenters. The highest BCUT2D eigenvalue weighted by molar-refractivity contribution is 7.92. The van der Waals surface area contributed by atoms with Gasteiger partial charge in [0.25, 0.3) is 5.56 Å². The molecule has 0 saturated carbocycles. The van der Waals surface area contributed by atoms with E-state index in [1.165, 1.54) is 12.4 Å². The summed E-state index contributed by atoms with van der Waals surface area (Å²) in [6.45, 7) is 0.608. The molecule has 1 fully saturated rings. The lowest BCUT2D eigenvalue weighted by atomic mass is 10.1. The van der Waals surface area contributed by atoms with Crippen LogP contribution in [-0.2, 0) is 14.8 Å². The molecule has 8 heteroatoms. The summed E-state index contributed by atoms with van der Waals surface area (Å²) < 4.78 is 32.3. The summed E-state index contributed by atoms with van der Waals surface area (Å²) >= 11 is 0. The van der Waals surface area contributed by atoms with Crippen molar-refractivity contribution >= 4 is 26.6 Å². The summed E-state index contributed by atoms with van der Waals surface area (Å²) in [5.74, 6) is -0.0750. The third-order valence-electron chi connectivity index (χ3n) is 3.59. The predicted octanol–water partition coefficient (Wildman–Crippen LogP) is 1.23. The van der Waals surface area contributed by atoms with Crippen LogP contribution in [0.15, 0.2) is 29.3 Å². The number of aromatic nitrogens is 2. The molecule has 1 aromatic carbocycles. The summed E-state index contributed by atoms with van der Waals surface area (Å²) in [7, 11) is -3.52. The maximum absolute atomic E-state index is 12.2. The van der Waals surface area contributed by atoms with Crippen LogP contribution in [0.4, 0.5) is 5.69 Å². The van der Waals surface area contributed by atoms with Gasteiger partial charge in [0.05, 0.1) is 29.1 Å². The standard InChI is InChI=1S/C14H17N3O4S/c18-14-12-7-10(4-5-13(12)15-9-16-14)17-22(19,20)8-11-3-1-2-6-21-11/h4-5,7,9,11,17H,1-3,6,8H2,(H,15,16,18). The van der Waals surface area contributed by atoms with Crippen molar-refractivity contribution in [3.8, 4) is 0 Å². The van der Waals surface area contributed by atoms with Crippen molar-refractivity contribution in [3.05, 3.63) is 34.9 Å². The molecule has 0 spiro atoms. The summed E-state index contributed by atoms with van der Waals surface area (Å²) in [6.07, 6.45) is 3.76. The van der Waals surface area contributed by atoms with E-state index in [0.717, 1.165) is 19.3 Å². The van der Waals surface area contributed by atoms with Gasteiger partial charge in [-0.1, -0.05) is 0 Å². The molecule has 1 aromatic heterocycles. The molecule has 1 saturated heterocycles. The van der Waals surface area contributed by atoms with Crippen LogP contribution >= 0.6 is 0 Å². The van der Waals surface area contributed by atoms with E-state index >= 15 is 0 Å². The molecule has 2 N–H and O–H groups in total. The number of H-pyrrole nitrogens is 1. The Hall–Kier alpha value is -1.93. The van der Waals surface area contributed by atoms with E-state index < -0.39 is 10.0 Å². The zero-order valence-corrected chi connectivity index (χ0v) is 12.7. The molecule has 0 aliphatic carbocycles. The van der Waals surface area contributed by atoms with E-state index in [0.29, 0.717) is 23.2 Å². The first kappa shape index (κ1) is 15.0. The Bertz CT molecular complexity index is 825. The number of ether oxygens (including phenoxy) is 1. The van der Waals surface area contributed by atoms with Gasteiger partial charge in [0.2, 0.25) is 10.0 Å². The molecule has 2 aromatic rings. The molecule has 1 aliphatic heterocycles. The van der Waals surface area contributed by atoms with Crippen LogP contribution in [0.3, 0.4) is 0 Å². The molecule has 0 amide bonds. The van der Waals surface area contributed by atoms with Crippen LogP contribution in [0.5, 0.6) is 0 Å². The largest absolute Gasteiger partial charge is 0.377 e. The molecular weight excluding hydrogens is 306 g/mol. The van der Waals surface area contributed by atoms with E-state index in [9.17, 15) is 13.2 Å². The van der Waals surface area contributed by atoms with E-state index in [4.69, 9.17) is 4.74 Å². The Morgan fingerprint density at radius 1 is 1.36 bits per heavy atom. The fraction of sp³-hybridized carbons (Fsp3) is 0.429. The number of anilines is 1. The van der Waals surface area contributed by atoms with Crippen LogP contribution in [0.2, 0.25) is 0 Å². The van der Waals surface area contributed by atoms with Crippen molar-refractivity contribution in [3.63, 3.8) is 0 Å². The van der Waals surface area contributed by atoms with Crippen LogP contribution < -0.4 is 10.3 Å². The smallest absolute Gasteiger partial charge is 0.258 e. The van der Waals surface area contributed by atoms with E-state index in [2.05, 4.69) is 14.7 Å². The zero-order valence-electron chi connectivity index (χ0n) is 11.9. The summed E-state index contributed by atoms with van der Waals surface area (Å²) in [5.41, 5.74) is 0.561. The van der Waals surface area contributed by atoms with Crippen LogP contribution in [0.25, 0.3) is 10.9 Å². The maximum atomic E-state index is 12.2. The first-order valence-electron chi connectivity index (χ1n) is 7.13. The fourth-order valence-corrected chi connectivity index (χ4v) is 3.86. The molecule has 2 heterocycles. The molecule has 3 rings (SSSR count). The average Bonchev–Trinajstić information content (AvgIpc) is 2.48. The predicted molar refractivity (Wildman–Crippen MR) is 83.4 cm³/mol. The van der Waals surface area contributed by atoms with Crippen molar-refractivity contribution in [2.24, 2.45) is 0 Å². The van der Waals surface area contributed by atoms with Gasteiger partial charge in [0.1, 0.15) is 0 Å². The summed E-state index contributed by atoms with van der Waals surface area (Å²) in [5, 5.41) is 0.344. The van der Waals surface area contributed by atoms with Gasteiger partial charge >= 0.3 is 0 Å². The van der Waals surface area contributed by atoms with Gasteiger partial charge in [-0.05, 0) is 37.5 Å². The Labute approximate surface area is 127 Å². The second kappa shape index (κ2) is 6.05. The Morgan fingerprint density at radius 2 is 2.23 bits per heavy atom. The van der Waals surface area contributed by atoms with Gasteiger partial charge in [-0.25, -0.2) is 13.4 Å². The lowest BCUT2D eigenvalue weighted by molar-refractivity contribution is 0.0306. The minimum absolute atomic E-state index is 0.0750. The monoisotopic (exact) mass is 323 g/mol. The van der Waals surface area contributed by atoms with Gasteiger partial charge in [0, 0.05) is 12.3 Å². The van der Waals surface area contributed by atoms with E-state index in [1.54, 1.807) is 12.1 Å². The molecule has 1 atom stereocenters. The second-order valence-electron chi connectivity index (χ2n) is 5.34. The quantitative estimate of drug-likeness (QED) is 0.881. The van der Waals surface area contributed by atoms with Gasteiger partial charge in [-0.2, -0.15) is 0 Å². The summed E-state index contributed by atoms with van der Waals surface area (Å²) in [4.78, 5) is 18.2. The number of rotatable bonds is 4. The van der Waals surface area contributed by atoms with Gasteiger partial charge in [-0.3, -0.25) is 9.52 Å². The minimum Gasteiger partial charge on any atom is -0.377 e. The second-order valence-corrected chi connectivity index (χ2v) is 7.10. The molecule has 22 heavy (non-hydrogen) atoms. The lowest BCUT2D eigenvalue weighted by Gasteiger charge is -2.22. The lowest BCUT2D eigenvalue weighted by Crippen LogP contribution is -2.30. The van der Waals surface area contributed by atoms with Gasteiger partial charge < -0.3 is 9.72 Å². The van der Waals surface area contributed by atoms with Crippen LogP contribution in [0.1, 0.15) is 19.3 Å². The number of nitrogens with one attached hydrogen (secondary N) is 2. The maximum Gasteiger partial charge on any atom is 0.258 e. The van der Waals surface area contributed by atoms with E-state index in [-0.39, 0.29) is 17.4 Å². The zero-order chi connectivity index (χ0) is 15.6. The Kier molecular flexibility index (Phi) is 4.12. The van der Waals surface area contributed by atoms with Crippen molar-refractivity contribution in [1.82, 2.24) is 9.97 Å². The SMILES string of the molecule is O=c1[nH]cnc2ccc(NS(=O)(=O)CC3CCCCO3)cc12. The number of fused-ring (bicyclic) bond motifs is 1. The number of hydrogen-bond donors (Lipinski definition) is 2. The van der Waals surface area contributed by atoms with Crippen LogP contribution in [0, 0.1) is 0 Å². The minimum atomic E-state index is -3.52. The third kappa shape index (κ3) is 3.45. The highest BCUT2D eigenvalue weighted by atomic mass is 32.2. The highest BCUT2D eigenvalue weighted by Gasteiger charge is 2.22. The molecule has 0 bridgehead atoms. The molecule has 7 nitrogen and oxygen atoms in total. The molecule has 1 aliphatic rings. The van der Waals surface area contributed by atoms with E-state index in [1.807, 2.05) is 0 Å².